The van der Waals surface area contributed by atoms with Crippen molar-refractivity contribution < 1.29 is 17.9 Å². The molecule has 0 fully saturated rings. The largest absolute Gasteiger partial charge is 0.496 e. The van der Waals surface area contributed by atoms with E-state index in [0.717, 1.165) is 0 Å². The number of ether oxygens (including phenoxy) is 1. The second kappa shape index (κ2) is 4.20. The van der Waals surface area contributed by atoms with Gasteiger partial charge in [0, 0.05) is 21.8 Å². The summed E-state index contributed by atoms with van der Waals surface area (Å²) in [5.74, 6) is 0.318. The summed E-state index contributed by atoms with van der Waals surface area (Å²) in [6, 6.07) is 2.67. The number of benzene rings is 1. The van der Waals surface area contributed by atoms with Crippen LogP contribution in [0.2, 0.25) is 0 Å². The van der Waals surface area contributed by atoms with E-state index in [-0.39, 0.29) is 10.5 Å². The lowest BCUT2D eigenvalue weighted by atomic mass is 10.1. The Morgan fingerprint density at radius 3 is 2.40 bits per heavy atom. The van der Waals surface area contributed by atoms with Gasteiger partial charge in [0.25, 0.3) is 9.05 Å². The third kappa shape index (κ3) is 2.49. The highest BCUT2D eigenvalue weighted by atomic mass is 35.7. The van der Waals surface area contributed by atoms with Crippen LogP contribution in [0.25, 0.3) is 0 Å². The van der Waals surface area contributed by atoms with Crippen LogP contribution in [0.5, 0.6) is 5.75 Å². The molecule has 0 aromatic heterocycles. The van der Waals surface area contributed by atoms with Gasteiger partial charge in [0.15, 0.2) is 0 Å². The van der Waals surface area contributed by atoms with Gasteiger partial charge in [-0.3, -0.25) is 4.79 Å². The summed E-state index contributed by atoms with van der Waals surface area (Å²) in [5, 5.41) is 0. The normalized spacial score (nSPS) is 11.1. The van der Waals surface area contributed by atoms with Crippen molar-refractivity contribution in [3.8, 4) is 5.75 Å². The maximum Gasteiger partial charge on any atom is 0.261 e. The molecule has 0 aliphatic carbocycles. The third-order valence-electron chi connectivity index (χ3n) is 1.95. The molecular formula is C9H9ClO4S. The van der Waals surface area contributed by atoms with Crippen molar-refractivity contribution in [2.45, 2.75) is 11.8 Å². The SMILES string of the molecule is COc1cc(C=O)cc(S(=O)(=O)Cl)c1C. The lowest BCUT2D eigenvalue weighted by molar-refractivity contribution is 0.112. The van der Waals surface area contributed by atoms with Crippen LogP contribution in [0, 0.1) is 6.92 Å². The molecule has 1 aromatic rings. The molecule has 0 aliphatic heterocycles. The van der Waals surface area contributed by atoms with Crippen molar-refractivity contribution in [3.05, 3.63) is 23.3 Å². The van der Waals surface area contributed by atoms with Gasteiger partial charge < -0.3 is 4.74 Å². The van der Waals surface area contributed by atoms with E-state index in [4.69, 9.17) is 15.4 Å². The van der Waals surface area contributed by atoms with Crippen molar-refractivity contribution in [2.75, 3.05) is 7.11 Å². The van der Waals surface area contributed by atoms with E-state index < -0.39 is 9.05 Å². The Balaban J connectivity index is 3.58. The minimum Gasteiger partial charge on any atom is -0.496 e. The number of methoxy groups -OCH3 is 1. The van der Waals surface area contributed by atoms with Gasteiger partial charge in [0.1, 0.15) is 12.0 Å². The van der Waals surface area contributed by atoms with Crippen LogP contribution in [0.4, 0.5) is 0 Å². The first-order valence-electron chi connectivity index (χ1n) is 3.98. The minimum atomic E-state index is -3.87. The lowest BCUT2D eigenvalue weighted by Crippen LogP contribution is -1.99. The summed E-state index contributed by atoms with van der Waals surface area (Å²) in [6.45, 7) is 1.56. The number of rotatable bonds is 3. The van der Waals surface area contributed by atoms with E-state index in [9.17, 15) is 13.2 Å². The Kier molecular flexibility index (Phi) is 3.36. The number of carbonyl (C=O) groups is 1. The lowest BCUT2D eigenvalue weighted by Gasteiger charge is -2.08. The molecule has 0 radical (unpaired) electrons. The fourth-order valence-electron chi connectivity index (χ4n) is 1.22. The first-order valence-corrected chi connectivity index (χ1v) is 6.29. The van der Waals surface area contributed by atoms with E-state index in [1.807, 2.05) is 0 Å². The maximum atomic E-state index is 11.2. The number of hydrogen-bond donors (Lipinski definition) is 0. The molecule has 15 heavy (non-hydrogen) atoms. The van der Waals surface area contributed by atoms with Crippen molar-refractivity contribution in [3.63, 3.8) is 0 Å². The number of aldehydes is 1. The number of hydrogen-bond acceptors (Lipinski definition) is 4. The predicted octanol–water partition coefficient (Wildman–Crippen LogP) is 1.74. The van der Waals surface area contributed by atoms with Crippen LogP contribution in [0.15, 0.2) is 17.0 Å². The molecule has 0 heterocycles. The van der Waals surface area contributed by atoms with E-state index in [2.05, 4.69) is 0 Å². The summed E-state index contributed by atoms with van der Waals surface area (Å²) >= 11 is 0. The zero-order chi connectivity index (χ0) is 11.6. The Morgan fingerprint density at radius 2 is 2.00 bits per heavy atom. The Hall–Kier alpha value is -1.07. The summed E-state index contributed by atoms with van der Waals surface area (Å²) in [6.07, 6.45) is 0.535. The summed E-state index contributed by atoms with van der Waals surface area (Å²) in [4.78, 5) is 10.5. The zero-order valence-electron chi connectivity index (χ0n) is 8.15. The molecule has 4 nitrogen and oxygen atoms in total. The van der Waals surface area contributed by atoms with E-state index >= 15 is 0 Å². The Labute approximate surface area is 92.2 Å². The summed E-state index contributed by atoms with van der Waals surface area (Å²) < 4.78 is 27.3. The highest BCUT2D eigenvalue weighted by molar-refractivity contribution is 8.13. The summed E-state index contributed by atoms with van der Waals surface area (Å²) in [7, 11) is 2.75. The fourth-order valence-corrected chi connectivity index (χ4v) is 2.44. The predicted molar refractivity (Wildman–Crippen MR) is 56.2 cm³/mol. The molecule has 6 heteroatoms. The third-order valence-corrected chi connectivity index (χ3v) is 3.40. The van der Waals surface area contributed by atoms with Crippen molar-refractivity contribution >= 4 is 26.0 Å². The van der Waals surface area contributed by atoms with Crippen LogP contribution in [-0.4, -0.2) is 21.8 Å². The zero-order valence-corrected chi connectivity index (χ0v) is 9.72. The first-order chi connectivity index (χ1) is 6.90. The van der Waals surface area contributed by atoms with Gasteiger partial charge in [-0.2, -0.15) is 0 Å². The molecule has 82 valence electrons. The van der Waals surface area contributed by atoms with Crippen molar-refractivity contribution in [2.24, 2.45) is 0 Å². The summed E-state index contributed by atoms with van der Waals surface area (Å²) in [5.41, 5.74) is 0.592. The highest BCUT2D eigenvalue weighted by Crippen LogP contribution is 2.28. The molecule has 0 saturated heterocycles. The molecule has 0 amide bonds. The van der Waals surface area contributed by atoms with Crippen LogP contribution in [0.1, 0.15) is 15.9 Å². The molecule has 1 aromatic carbocycles. The van der Waals surface area contributed by atoms with Crippen LogP contribution >= 0.6 is 10.7 Å². The van der Waals surface area contributed by atoms with Crippen LogP contribution < -0.4 is 4.74 Å². The maximum absolute atomic E-state index is 11.2. The Bertz CT molecular complexity index is 493. The molecule has 0 N–H and O–H groups in total. The highest BCUT2D eigenvalue weighted by Gasteiger charge is 2.17. The van der Waals surface area contributed by atoms with Gasteiger partial charge in [-0.15, -0.1) is 0 Å². The molecule has 0 aliphatic rings. The molecule has 1 rings (SSSR count). The fraction of sp³-hybridized carbons (Fsp3) is 0.222. The van der Waals surface area contributed by atoms with Gasteiger partial charge in [-0.1, -0.05) is 0 Å². The van der Waals surface area contributed by atoms with Gasteiger partial charge in [-0.25, -0.2) is 8.42 Å². The molecule has 0 atom stereocenters. The van der Waals surface area contributed by atoms with Crippen LogP contribution in [0.3, 0.4) is 0 Å². The van der Waals surface area contributed by atoms with Gasteiger partial charge in [-0.05, 0) is 19.1 Å². The topological polar surface area (TPSA) is 60.4 Å². The Morgan fingerprint density at radius 1 is 1.40 bits per heavy atom. The van der Waals surface area contributed by atoms with E-state index in [1.54, 1.807) is 6.92 Å². The van der Waals surface area contributed by atoms with Gasteiger partial charge in [0.2, 0.25) is 0 Å². The van der Waals surface area contributed by atoms with Crippen molar-refractivity contribution in [1.82, 2.24) is 0 Å². The smallest absolute Gasteiger partial charge is 0.261 e. The van der Waals surface area contributed by atoms with Crippen LogP contribution in [-0.2, 0) is 9.05 Å². The molecule has 0 saturated carbocycles. The quantitative estimate of drug-likeness (QED) is 0.604. The standard InChI is InChI=1S/C9H9ClO4S/c1-6-8(14-2)3-7(5-11)4-9(6)15(10,12)13/h3-5H,1-2H3. The minimum absolute atomic E-state index is 0.106. The number of carbonyl (C=O) groups excluding carboxylic acids is 1. The molecular weight excluding hydrogens is 240 g/mol. The van der Waals surface area contributed by atoms with Crippen molar-refractivity contribution in [1.29, 1.82) is 0 Å². The van der Waals surface area contributed by atoms with Gasteiger partial charge >= 0.3 is 0 Å². The van der Waals surface area contributed by atoms with E-state index in [0.29, 0.717) is 17.6 Å². The second-order valence-corrected chi connectivity index (χ2v) is 5.44. The average Bonchev–Trinajstić information content (AvgIpc) is 2.16. The molecule has 0 bridgehead atoms. The number of halogens is 1. The van der Waals surface area contributed by atoms with Gasteiger partial charge in [0.05, 0.1) is 12.0 Å². The molecule has 0 unspecified atom stereocenters. The average molecular weight is 249 g/mol. The first kappa shape index (κ1) is 12.0. The van der Waals surface area contributed by atoms with E-state index in [1.165, 1.54) is 19.2 Å². The molecule has 0 spiro atoms. The monoisotopic (exact) mass is 248 g/mol. The second-order valence-electron chi connectivity index (χ2n) is 2.90.